The number of nitrogens with zero attached hydrogens (tertiary/aromatic N) is 4. The number of aromatic nitrogens is 4. The molecule has 0 spiro atoms. The second-order valence-electron chi connectivity index (χ2n) is 7.98. The van der Waals surface area contributed by atoms with Crippen molar-refractivity contribution in [3.63, 3.8) is 0 Å². The number of anilines is 1. The van der Waals surface area contributed by atoms with E-state index in [9.17, 15) is 25.2 Å². The minimum atomic E-state index is -1.71. The van der Waals surface area contributed by atoms with Crippen LogP contribution in [-0.4, -0.2) is 109 Å². The number of rotatable bonds is 13. The minimum Gasteiger partial charge on any atom is -0.461 e. The summed E-state index contributed by atoms with van der Waals surface area (Å²) in [5.41, 5.74) is 7.61. The molecule has 0 saturated carbocycles. The molecule has 196 valence electrons. The average Bonchev–Trinajstić information content (AvgIpc) is 3.19. The first-order chi connectivity index (χ1) is 17.2. The van der Waals surface area contributed by atoms with Crippen molar-refractivity contribution in [1.82, 2.24) is 19.5 Å². The fraction of sp³-hybridized carbons (Fsp3) is 0.455. The third kappa shape index (κ3) is 6.63. The van der Waals surface area contributed by atoms with Crippen LogP contribution in [-0.2, 0) is 11.3 Å². The van der Waals surface area contributed by atoms with Gasteiger partial charge in [0.2, 0.25) is 0 Å². The molecule has 14 nitrogen and oxygen atoms in total. The summed E-state index contributed by atoms with van der Waals surface area (Å²) in [5, 5.41) is 47.6. The van der Waals surface area contributed by atoms with E-state index in [1.807, 2.05) is 0 Å². The van der Waals surface area contributed by atoms with Crippen molar-refractivity contribution in [3.05, 3.63) is 45.9 Å². The maximum Gasteiger partial charge on any atom is 0.328 e. The van der Waals surface area contributed by atoms with Crippen molar-refractivity contribution in [3.8, 4) is 6.01 Å². The second kappa shape index (κ2) is 12.5. The number of aliphatic hydroxyl groups is 5. The molecular weight excluding hydrogens is 476 g/mol. The summed E-state index contributed by atoms with van der Waals surface area (Å²) in [7, 11) is 1.54. The number of aliphatic imine (C=N–C) groups is 1. The van der Waals surface area contributed by atoms with Crippen molar-refractivity contribution in [2.24, 2.45) is 4.99 Å². The van der Waals surface area contributed by atoms with E-state index in [0.717, 1.165) is 5.56 Å². The Morgan fingerprint density at radius 2 is 1.81 bits per heavy atom. The van der Waals surface area contributed by atoms with Crippen LogP contribution in [0.1, 0.15) is 11.1 Å². The minimum absolute atomic E-state index is 0.0297. The maximum atomic E-state index is 12.5. The van der Waals surface area contributed by atoms with Crippen molar-refractivity contribution >= 4 is 23.2 Å². The Hall–Kier alpha value is -3.40. The molecule has 4 atom stereocenters. The number of aliphatic hydroxyl groups excluding tert-OH is 5. The first-order valence-electron chi connectivity index (χ1n) is 11.0. The highest BCUT2D eigenvalue weighted by atomic mass is 16.5. The molecule has 0 radical (unpaired) electrons. The van der Waals surface area contributed by atoms with E-state index in [2.05, 4.69) is 19.9 Å². The van der Waals surface area contributed by atoms with Crippen LogP contribution in [0.25, 0.3) is 11.2 Å². The molecule has 0 bridgehead atoms. The number of hydrogen-bond donors (Lipinski definition) is 7. The van der Waals surface area contributed by atoms with Gasteiger partial charge in [0.1, 0.15) is 36.5 Å². The largest absolute Gasteiger partial charge is 0.461 e. The highest BCUT2D eigenvalue weighted by Gasteiger charge is 2.29. The summed E-state index contributed by atoms with van der Waals surface area (Å²) in [6, 6.07) is 7.07. The Bertz CT molecular complexity index is 1210. The number of fused-ring (bicyclic) bond motifs is 1. The first kappa shape index (κ1) is 27.2. The summed E-state index contributed by atoms with van der Waals surface area (Å²) in [6.45, 7) is -0.237. The number of methoxy groups -OCH3 is 1. The lowest BCUT2D eigenvalue weighted by Crippen LogP contribution is -2.46. The zero-order valence-electron chi connectivity index (χ0n) is 19.6. The van der Waals surface area contributed by atoms with E-state index in [4.69, 9.17) is 20.3 Å². The maximum absolute atomic E-state index is 12.5. The Morgan fingerprint density at radius 1 is 1.11 bits per heavy atom. The van der Waals surface area contributed by atoms with Crippen molar-refractivity contribution < 1.29 is 35.0 Å². The fourth-order valence-electron chi connectivity index (χ4n) is 3.29. The molecule has 8 N–H and O–H groups in total. The molecule has 0 aliphatic carbocycles. The van der Waals surface area contributed by atoms with Gasteiger partial charge in [0.25, 0.3) is 0 Å². The number of nitrogens with two attached hydrogens (primary N) is 1. The molecule has 2 heterocycles. The van der Waals surface area contributed by atoms with E-state index in [-0.39, 0.29) is 31.5 Å². The summed E-state index contributed by atoms with van der Waals surface area (Å²) in [5.74, 6) is 0.0838. The van der Waals surface area contributed by atoms with Crippen LogP contribution in [0.4, 0.5) is 5.82 Å². The molecule has 1 aromatic carbocycles. The van der Waals surface area contributed by atoms with Gasteiger partial charge in [-0.25, -0.2) is 4.79 Å². The lowest BCUT2D eigenvalue weighted by molar-refractivity contribution is -0.112. The highest BCUT2D eigenvalue weighted by Crippen LogP contribution is 2.18. The zero-order valence-corrected chi connectivity index (χ0v) is 19.6. The van der Waals surface area contributed by atoms with E-state index in [1.54, 1.807) is 24.3 Å². The second-order valence-corrected chi connectivity index (χ2v) is 7.98. The van der Waals surface area contributed by atoms with Crippen molar-refractivity contribution in [1.29, 1.82) is 0 Å². The van der Waals surface area contributed by atoms with E-state index < -0.39 is 36.7 Å². The third-order valence-corrected chi connectivity index (χ3v) is 5.33. The lowest BCUT2D eigenvalue weighted by Gasteiger charge is -2.24. The summed E-state index contributed by atoms with van der Waals surface area (Å²) in [6.07, 6.45) is -4.94. The molecule has 14 heteroatoms. The lowest BCUT2D eigenvalue weighted by atomic mass is 10.0. The number of imidazole rings is 1. The smallest absolute Gasteiger partial charge is 0.328 e. The molecule has 2 aromatic heterocycles. The van der Waals surface area contributed by atoms with Crippen molar-refractivity contribution in [2.45, 2.75) is 31.0 Å². The van der Waals surface area contributed by atoms with Gasteiger partial charge in [0, 0.05) is 13.3 Å². The fourth-order valence-corrected chi connectivity index (χ4v) is 3.29. The number of hydrogen-bond acceptors (Lipinski definition) is 12. The standard InChI is InChI=1S/C22H30N6O8/c1-35-6-7-36-21-26-19(23)16-20(27-21)28(22(34)25-16)10-13-4-2-12(3-5-13)8-24-9-14(30)17(32)18(33)15(31)11-29/h2-5,8,14-15,17-18,29-33H,6-7,9-11H2,1H3,(H,25,34)(H2,23,26,27). The summed E-state index contributed by atoms with van der Waals surface area (Å²) in [4.78, 5) is 27.5. The molecule has 0 aliphatic rings. The van der Waals surface area contributed by atoms with Crippen LogP contribution < -0.4 is 16.2 Å². The Kier molecular flexibility index (Phi) is 9.46. The normalized spacial score (nSPS) is 15.3. The van der Waals surface area contributed by atoms with Gasteiger partial charge in [-0.2, -0.15) is 9.97 Å². The average molecular weight is 507 g/mol. The number of nitrogens with one attached hydrogen (secondary N) is 1. The van der Waals surface area contributed by atoms with Crippen LogP contribution in [0.3, 0.4) is 0 Å². The van der Waals surface area contributed by atoms with E-state index >= 15 is 0 Å². The topological polar surface area (TPSA) is 222 Å². The number of H-pyrrole nitrogens is 1. The molecule has 4 unspecified atom stereocenters. The van der Waals surface area contributed by atoms with Crippen LogP contribution >= 0.6 is 0 Å². The monoisotopic (exact) mass is 506 g/mol. The van der Waals surface area contributed by atoms with Gasteiger partial charge in [-0.15, -0.1) is 0 Å². The molecule has 0 saturated heterocycles. The van der Waals surface area contributed by atoms with Crippen LogP contribution in [0.2, 0.25) is 0 Å². The molecule has 0 amide bonds. The SMILES string of the molecule is COCCOc1nc(N)c2[nH]c(=O)n(Cc3ccc(C=NCC(O)C(O)C(O)C(O)CO)cc3)c2n1. The highest BCUT2D eigenvalue weighted by molar-refractivity contribution is 5.82. The van der Waals surface area contributed by atoms with Gasteiger partial charge in [-0.3, -0.25) is 9.56 Å². The predicted molar refractivity (Wildman–Crippen MR) is 129 cm³/mol. The summed E-state index contributed by atoms with van der Waals surface area (Å²) >= 11 is 0. The van der Waals surface area contributed by atoms with Gasteiger partial charge < -0.3 is 45.7 Å². The van der Waals surface area contributed by atoms with Crippen LogP contribution in [0.15, 0.2) is 34.1 Å². The van der Waals surface area contributed by atoms with Gasteiger partial charge in [-0.05, 0) is 11.1 Å². The van der Waals surface area contributed by atoms with Gasteiger partial charge >= 0.3 is 11.7 Å². The van der Waals surface area contributed by atoms with Crippen LogP contribution in [0, 0.1) is 0 Å². The van der Waals surface area contributed by atoms with Crippen LogP contribution in [0.5, 0.6) is 6.01 Å². The number of aromatic amines is 1. The van der Waals surface area contributed by atoms with Crippen molar-refractivity contribution in [2.75, 3.05) is 39.2 Å². The number of benzene rings is 1. The third-order valence-electron chi connectivity index (χ3n) is 5.33. The Labute approximate surface area is 205 Å². The summed E-state index contributed by atoms with van der Waals surface area (Å²) < 4.78 is 11.8. The molecule has 3 aromatic rings. The Balaban J connectivity index is 1.67. The molecular formula is C22H30N6O8. The van der Waals surface area contributed by atoms with E-state index in [1.165, 1.54) is 17.9 Å². The number of ether oxygens (including phenoxy) is 2. The first-order valence-corrected chi connectivity index (χ1v) is 11.0. The molecule has 0 aliphatic heterocycles. The van der Waals surface area contributed by atoms with Gasteiger partial charge in [0.05, 0.1) is 26.3 Å². The Morgan fingerprint density at radius 3 is 2.47 bits per heavy atom. The molecule has 36 heavy (non-hydrogen) atoms. The van der Waals surface area contributed by atoms with E-state index in [0.29, 0.717) is 23.3 Å². The number of nitrogen functional groups attached to an aromatic ring is 1. The molecule has 0 fully saturated rings. The quantitative estimate of drug-likeness (QED) is 0.0958. The zero-order chi connectivity index (χ0) is 26.2. The van der Waals surface area contributed by atoms with Gasteiger partial charge in [-0.1, -0.05) is 24.3 Å². The predicted octanol–water partition coefficient (Wildman–Crippen LogP) is -2.37. The van der Waals surface area contributed by atoms with Gasteiger partial charge in [0.15, 0.2) is 11.5 Å². The molecule has 3 rings (SSSR count).